The summed E-state index contributed by atoms with van der Waals surface area (Å²) in [6.07, 6.45) is 4.87. The molecule has 1 aliphatic rings. The van der Waals surface area contributed by atoms with Crippen molar-refractivity contribution in [3.63, 3.8) is 0 Å². The molecule has 4 nitrogen and oxygen atoms in total. The number of nitrogen functional groups attached to an aromatic ring is 1. The minimum absolute atomic E-state index is 0.0515. The van der Waals surface area contributed by atoms with Gasteiger partial charge in [-0.15, -0.1) is 0 Å². The van der Waals surface area contributed by atoms with E-state index in [-0.39, 0.29) is 22.2 Å². The molecule has 2 rings (SSSR count). The minimum Gasteiger partial charge on any atom is -0.398 e. The van der Waals surface area contributed by atoms with Crippen molar-refractivity contribution in [2.24, 2.45) is 0 Å². The molecule has 0 spiro atoms. The first kappa shape index (κ1) is 14.3. The Labute approximate surface area is 113 Å². The third-order valence-corrected chi connectivity index (χ3v) is 5.10. The molecule has 1 fully saturated rings. The van der Waals surface area contributed by atoms with Gasteiger partial charge in [0.1, 0.15) is 5.82 Å². The molecule has 1 aromatic carbocycles. The summed E-state index contributed by atoms with van der Waals surface area (Å²) in [5.41, 5.74) is 6.05. The van der Waals surface area contributed by atoms with Crippen LogP contribution in [0.5, 0.6) is 0 Å². The molecule has 0 amide bonds. The molecule has 1 aliphatic carbocycles. The molecule has 6 heteroatoms. The maximum absolute atomic E-state index is 13.6. The smallest absolute Gasteiger partial charge is 0.240 e. The highest BCUT2D eigenvalue weighted by molar-refractivity contribution is 7.89. The van der Waals surface area contributed by atoms with Crippen LogP contribution < -0.4 is 10.5 Å². The number of halogens is 1. The van der Waals surface area contributed by atoms with E-state index in [1.807, 2.05) is 0 Å². The lowest BCUT2D eigenvalue weighted by atomic mass is 9.96. The molecule has 1 saturated carbocycles. The lowest BCUT2D eigenvalue weighted by Crippen LogP contribution is -2.36. The number of hydrogen-bond donors (Lipinski definition) is 2. The third kappa shape index (κ3) is 3.25. The molecule has 0 bridgehead atoms. The highest BCUT2D eigenvalue weighted by Crippen LogP contribution is 2.23. The van der Waals surface area contributed by atoms with Crippen molar-refractivity contribution in [1.29, 1.82) is 0 Å². The van der Waals surface area contributed by atoms with Crippen molar-refractivity contribution in [2.75, 3.05) is 5.73 Å². The Morgan fingerprint density at radius 1 is 1.26 bits per heavy atom. The zero-order chi connectivity index (χ0) is 14.0. The number of nitrogens with one attached hydrogen (secondary N) is 1. The van der Waals surface area contributed by atoms with Gasteiger partial charge in [-0.1, -0.05) is 19.3 Å². The normalized spacial score (nSPS) is 17.6. The van der Waals surface area contributed by atoms with Crippen LogP contribution in [0.1, 0.15) is 37.7 Å². The summed E-state index contributed by atoms with van der Waals surface area (Å²) in [6, 6.07) is 2.28. The Balaban J connectivity index is 2.24. The van der Waals surface area contributed by atoms with Gasteiger partial charge in [0.15, 0.2) is 0 Å². The van der Waals surface area contributed by atoms with E-state index < -0.39 is 15.8 Å². The van der Waals surface area contributed by atoms with E-state index in [0.29, 0.717) is 0 Å². The molecule has 1 aromatic rings. The van der Waals surface area contributed by atoms with Crippen LogP contribution in [0.25, 0.3) is 0 Å². The Hall–Kier alpha value is -1.14. The Morgan fingerprint density at radius 3 is 2.47 bits per heavy atom. The molecule has 0 aliphatic heterocycles. The van der Waals surface area contributed by atoms with E-state index in [1.54, 1.807) is 0 Å². The number of benzene rings is 1. The zero-order valence-electron chi connectivity index (χ0n) is 10.9. The first-order valence-electron chi connectivity index (χ1n) is 6.48. The molecule has 0 radical (unpaired) electrons. The van der Waals surface area contributed by atoms with Crippen LogP contribution in [0.2, 0.25) is 0 Å². The monoisotopic (exact) mass is 286 g/mol. The van der Waals surface area contributed by atoms with E-state index in [4.69, 9.17) is 5.73 Å². The van der Waals surface area contributed by atoms with Crippen LogP contribution in [0.15, 0.2) is 17.0 Å². The van der Waals surface area contributed by atoms with Gasteiger partial charge in [-0.3, -0.25) is 0 Å². The highest BCUT2D eigenvalue weighted by atomic mass is 32.2. The number of rotatable bonds is 3. The molecular formula is C13H19FN2O2S. The summed E-state index contributed by atoms with van der Waals surface area (Å²) < 4.78 is 40.6. The lowest BCUT2D eigenvalue weighted by molar-refractivity contribution is 0.412. The maximum Gasteiger partial charge on any atom is 0.240 e. The Morgan fingerprint density at radius 2 is 1.89 bits per heavy atom. The molecule has 106 valence electrons. The van der Waals surface area contributed by atoms with Crippen LogP contribution in [0, 0.1) is 12.7 Å². The molecule has 0 saturated heterocycles. The minimum atomic E-state index is -3.69. The van der Waals surface area contributed by atoms with Gasteiger partial charge >= 0.3 is 0 Å². The fourth-order valence-corrected chi connectivity index (χ4v) is 3.69. The predicted molar refractivity (Wildman–Crippen MR) is 72.7 cm³/mol. The summed E-state index contributed by atoms with van der Waals surface area (Å²) in [6.45, 7) is 1.52. The maximum atomic E-state index is 13.6. The number of nitrogens with two attached hydrogens (primary N) is 1. The summed E-state index contributed by atoms with van der Waals surface area (Å²) in [7, 11) is -3.69. The second-order valence-electron chi connectivity index (χ2n) is 5.08. The van der Waals surface area contributed by atoms with Crippen LogP contribution in [-0.4, -0.2) is 14.5 Å². The quantitative estimate of drug-likeness (QED) is 0.838. The van der Waals surface area contributed by atoms with Gasteiger partial charge in [0.2, 0.25) is 10.0 Å². The first-order chi connectivity index (χ1) is 8.90. The molecule has 19 heavy (non-hydrogen) atoms. The third-order valence-electron chi connectivity index (χ3n) is 3.60. The van der Waals surface area contributed by atoms with Crippen molar-refractivity contribution >= 4 is 15.7 Å². The lowest BCUT2D eigenvalue weighted by Gasteiger charge is -2.22. The standard InChI is InChI=1S/C13H19FN2O2S/c1-9-12(14)7-11(8-13(9)15)19(17,18)16-10-5-3-2-4-6-10/h7-8,10,16H,2-6,15H2,1H3. The predicted octanol–water partition coefficient (Wildman–Crippen LogP) is 2.33. The molecule has 3 N–H and O–H groups in total. The van der Waals surface area contributed by atoms with Crippen LogP contribution in [-0.2, 0) is 10.0 Å². The topological polar surface area (TPSA) is 72.2 Å². The van der Waals surface area contributed by atoms with Gasteiger partial charge < -0.3 is 5.73 Å². The van der Waals surface area contributed by atoms with E-state index in [1.165, 1.54) is 13.0 Å². The second kappa shape index (κ2) is 5.46. The van der Waals surface area contributed by atoms with Gasteiger partial charge in [0, 0.05) is 17.3 Å². The summed E-state index contributed by atoms with van der Waals surface area (Å²) in [5, 5.41) is 0. The molecule has 0 unspecified atom stereocenters. The van der Waals surface area contributed by atoms with Crippen LogP contribution in [0.3, 0.4) is 0 Å². The average molecular weight is 286 g/mol. The van der Waals surface area contributed by atoms with Crippen molar-refractivity contribution < 1.29 is 12.8 Å². The molecule has 0 aromatic heterocycles. The SMILES string of the molecule is Cc1c(N)cc(S(=O)(=O)NC2CCCCC2)cc1F. The number of anilines is 1. The molecule has 0 atom stereocenters. The van der Waals surface area contributed by atoms with Gasteiger partial charge in [0.05, 0.1) is 4.90 Å². The molecular weight excluding hydrogens is 267 g/mol. The van der Waals surface area contributed by atoms with Crippen LogP contribution in [0.4, 0.5) is 10.1 Å². The van der Waals surface area contributed by atoms with Crippen LogP contribution >= 0.6 is 0 Å². The zero-order valence-corrected chi connectivity index (χ0v) is 11.8. The summed E-state index contributed by atoms with van der Waals surface area (Å²) >= 11 is 0. The average Bonchev–Trinajstić information content (AvgIpc) is 2.36. The largest absolute Gasteiger partial charge is 0.398 e. The Bertz CT molecular complexity index is 543. The van der Waals surface area contributed by atoms with Gasteiger partial charge in [-0.2, -0.15) is 0 Å². The van der Waals surface area contributed by atoms with E-state index in [9.17, 15) is 12.8 Å². The first-order valence-corrected chi connectivity index (χ1v) is 7.96. The van der Waals surface area contributed by atoms with Crippen molar-refractivity contribution in [2.45, 2.75) is 50.0 Å². The second-order valence-corrected chi connectivity index (χ2v) is 6.79. The summed E-state index contributed by atoms with van der Waals surface area (Å²) in [5.74, 6) is -0.594. The van der Waals surface area contributed by atoms with Gasteiger partial charge in [0.25, 0.3) is 0 Å². The Kier molecular flexibility index (Phi) is 4.10. The number of sulfonamides is 1. The van der Waals surface area contributed by atoms with Crippen molar-refractivity contribution in [3.8, 4) is 0 Å². The molecule has 0 heterocycles. The van der Waals surface area contributed by atoms with Crippen molar-refractivity contribution in [3.05, 3.63) is 23.5 Å². The van der Waals surface area contributed by atoms with E-state index >= 15 is 0 Å². The van der Waals surface area contributed by atoms with Gasteiger partial charge in [-0.25, -0.2) is 17.5 Å². The van der Waals surface area contributed by atoms with E-state index in [0.717, 1.165) is 38.2 Å². The number of hydrogen-bond acceptors (Lipinski definition) is 3. The van der Waals surface area contributed by atoms with E-state index in [2.05, 4.69) is 4.72 Å². The van der Waals surface area contributed by atoms with Crippen molar-refractivity contribution in [1.82, 2.24) is 4.72 Å². The van der Waals surface area contributed by atoms with Gasteiger partial charge in [-0.05, 0) is 31.9 Å². The fraction of sp³-hybridized carbons (Fsp3) is 0.538. The summed E-state index contributed by atoms with van der Waals surface area (Å²) in [4.78, 5) is -0.0985. The highest BCUT2D eigenvalue weighted by Gasteiger charge is 2.23. The fourth-order valence-electron chi connectivity index (χ4n) is 2.34.